The number of carbonyl (C=O) groups excluding carboxylic acids is 2. The maximum Gasteiger partial charge on any atom is 0.240 e. The van der Waals surface area contributed by atoms with Gasteiger partial charge in [0.15, 0.2) is 4.33 Å². The molecule has 2 bridgehead atoms. The van der Waals surface area contributed by atoms with Gasteiger partial charge in [0.2, 0.25) is 11.8 Å². The monoisotopic (exact) mass is 471 g/mol. The van der Waals surface area contributed by atoms with E-state index in [2.05, 4.69) is 0 Å². The van der Waals surface area contributed by atoms with Crippen molar-refractivity contribution in [1.82, 2.24) is 0 Å². The lowest BCUT2D eigenvalue weighted by atomic mass is 9.84. The molecule has 1 aromatic rings. The van der Waals surface area contributed by atoms with E-state index in [1.165, 1.54) is 0 Å². The number of alkyl halides is 4. The summed E-state index contributed by atoms with van der Waals surface area (Å²) in [6, 6.07) is 5.34. The third-order valence-corrected chi connectivity index (χ3v) is 9.98. The predicted molar refractivity (Wildman–Crippen MR) is 106 cm³/mol. The normalized spacial score (nSPS) is 37.8. The summed E-state index contributed by atoms with van der Waals surface area (Å²) in [5, 5.41) is -0.183. The average Bonchev–Trinajstić information content (AvgIpc) is 2.95. The molecule has 0 radical (unpaired) electrons. The molecule has 2 fully saturated rings. The molecule has 1 saturated carbocycles. The standard InChI is InChI=1S/C17H11Cl6NO2/c1-6-4-3-5-8(7(6)2)24-13(25)9-10(14(24)26)16(21)12(19)11(18)15(9,20)17(16,22)23/h3-5,9-10H,1-2H3. The van der Waals surface area contributed by atoms with Gasteiger partial charge in [-0.25, -0.2) is 4.90 Å². The van der Waals surface area contributed by atoms with Crippen molar-refractivity contribution in [1.29, 1.82) is 0 Å². The first-order valence-electron chi connectivity index (χ1n) is 7.70. The van der Waals surface area contributed by atoms with Crippen molar-refractivity contribution in [3.05, 3.63) is 39.4 Å². The maximum absolute atomic E-state index is 13.3. The fourth-order valence-electron chi connectivity index (χ4n) is 4.21. The van der Waals surface area contributed by atoms with Crippen molar-refractivity contribution in [2.45, 2.75) is 27.9 Å². The lowest BCUT2D eigenvalue weighted by molar-refractivity contribution is -0.123. The molecule has 4 unspecified atom stereocenters. The van der Waals surface area contributed by atoms with E-state index in [1.807, 2.05) is 19.9 Å². The number of hydrogen-bond donors (Lipinski definition) is 0. The molecule has 2 amide bonds. The van der Waals surface area contributed by atoms with Gasteiger partial charge >= 0.3 is 0 Å². The van der Waals surface area contributed by atoms with Gasteiger partial charge in [-0.05, 0) is 31.0 Å². The minimum atomic E-state index is -1.91. The zero-order chi connectivity index (χ0) is 19.4. The van der Waals surface area contributed by atoms with Crippen molar-refractivity contribution < 1.29 is 9.59 Å². The van der Waals surface area contributed by atoms with E-state index < -0.39 is 37.7 Å². The number of halogens is 6. The molecule has 1 saturated heterocycles. The molecule has 0 N–H and O–H groups in total. The number of amides is 2. The molecule has 0 aromatic heterocycles. The van der Waals surface area contributed by atoms with Gasteiger partial charge in [0, 0.05) is 0 Å². The first-order chi connectivity index (χ1) is 11.9. The van der Waals surface area contributed by atoms with E-state index in [4.69, 9.17) is 69.6 Å². The molecule has 0 spiro atoms. The summed E-state index contributed by atoms with van der Waals surface area (Å²) >= 11 is 38.9. The van der Waals surface area contributed by atoms with Crippen LogP contribution in [0.5, 0.6) is 0 Å². The van der Waals surface area contributed by atoms with Crippen LogP contribution in [0.15, 0.2) is 28.3 Å². The topological polar surface area (TPSA) is 37.4 Å². The number of anilines is 1. The largest absolute Gasteiger partial charge is 0.274 e. The first kappa shape index (κ1) is 19.2. The molecule has 1 heterocycles. The SMILES string of the molecule is Cc1cccc(N2C(=O)C3C(C2=O)C2(Cl)C(Cl)=C(Cl)C3(Cl)C2(Cl)Cl)c1C. The number of fused-ring (bicyclic) bond motifs is 5. The number of nitrogens with zero attached hydrogens (tertiary/aromatic N) is 1. The molecule has 4 rings (SSSR count). The zero-order valence-electron chi connectivity index (χ0n) is 13.4. The van der Waals surface area contributed by atoms with Gasteiger partial charge in [0.1, 0.15) is 9.75 Å². The highest BCUT2D eigenvalue weighted by Crippen LogP contribution is 2.77. The van der Waals surface area contributed by atoms with Gasteiger partial charge in [-0.2, -0.15) is 0 Å². The van der Waals surface area contributed by atoms with E-state index in [1.54, 1.807) is 12.1 Å². The molecule has 1 aromatic carbocycles. The minimum absolute atomic E-state index is 0.0916. The van der Waals surface area contributed by atoms with Crippen LogP contribution in [0.25, 0.3) is 0 Å². The summed E-state index contributed by atoms with van der Waals surface area (Å²) in [4.78, 5) is 24.1. The second kappa shape index (κ2) is 5.46. The summed E-state index contributed by atoms with van der Waals surface area (Å²) in [7, 11) is 0. The molecule has 26 heavy (non-hydrogen) atoms. The van der Waals surface area contributed by atoms with Crippen molar-refractivity contribution in [3.8, 4) is 0 Å². The molecular weight excluding hydrogens is 463 g/mol. The van der Waals surface area contributed by atoms with Crippen LogP contribution in [-0.2, 0) is 9.59 Å². The highest BCUT2D eigenvalue weighted by atomic mass is 35.5. The van der Waals surface area contributed by atoms with Gasteiger partial charge in [0.25, 0.3) is 0 Å². The second-order valence-corrected chi connectivity index (χ2v) is 10.1. The molecule has 2 aliphatic carbocycles. The third-order valence-electron chi connectivity index (χ3n) is 5.73. The predicted octanol–water partition coefficient (Wildman–Crippen LogP) is 5.25. The Labute approximate surface area is 180 Å². The van der Waals surface area contributed by atoms with Crippen molar-refractivity contribution in [2.75, 3.05) is 4.90 Å². The number of aryl methyl sites for hydroxylation is 1. The quantitative estimate of drug-likeness (QED) is 0.412. The fraction of sp³-hybridized carbons (Fsp3) is 0.412. The van der Waals surface area contributed by atoms with Gasteiger partial charge in [-0.1, -0.05) is 58.5 Å². The van der Waals surface area contributed by atoms with Crippen molar-refractivity contribution in [3.63, 3.8) is 0 Å². The van der Waals surface area contributed by atoms with Crippen LogP contribution in [0.4, 0.5) is 5.69 Å². The van der Waals surface area contributed by atoms with E-state index in [9.17, 15) is 9.59 Å². The molecule has 3 aliphatic rings. The highest BCUT2D eigenvalue weighted by Gasteiger charge is 2.87. The molecule has 1 aliphatic heterocycles. The Morgan fingerprint density at radius 3 is 1.81 bits per heavy atom. The summed E-state index contributed by atoms with van der Waals surface area (Å²) < 4.78 is -1.91. The number of carbonyl (C=O) groups is 2. The summed E-state index contributed by atoms with van der Waals surface area (Å²) in [6.45, 7) is 3.71. The average molecular weight is 474 g/mol. The van der Waals surface area contributed by atoms with Crippen LogP contribution in [0.2, 0.25) is 0 Å². The Hall–Kier alpha value is -0.160. The van der Waals surface area contributed by atoms with Gasteiger partial charge in [0.05, 0.1) is 27.6 Å². The van der Waals surface area contributed by atoms with Crippen LogP contribution >= 0.6 is 69.6 Å². The van der Waals surface area contributed by atoms with Crippen LogP contribution in [0.3, 0.4) is 0 Å². The highest BCUT2D eigenvalue weighted by molar-refractivity contribution is 6.67. The number of rotatable bonds is 1. The zero-order valence-corrected chi connectivity index (χ0v) is 18.0. The van der Waals surface area contributed by atoms with Crippen molar-refractivity contribution in [2.24, 2.45) is 11.8 Å². The fourth-order valence-corrected chi connectivity index (χ4v) is 7.14. The number of allylic oxidation sites excluding steroid dienone is 2. The smallest absolute Gasteiger partial charge is 0.240 e. The van der Waals surface area contributed by atoms with Crippen LogP contribution < -0.4 is 4.90 Å². The Kier molecular flexibility index (Phi) is 4.03. The van der Waals surface area contributed by atoms with Gasteiger partial charge in [-0.15, -0.1) is 23.2 Å². The van der Waals surface area contributed by atoms with E-state index in [-0.39, 0.29) is 10.1 Å². The van der Waals surface area contributed by atoms with Crippen LogP contribution in [0.1, 0.15) is 11.1 Å². The Balaban J connectivity index is 1.94. The van der Waals surface area contributed by atoms with Crippen LogP contribution in [0, 0.1) is 25.7 Å². The van der Waals surface area contributed by atoms with Crippen LogP contribution in [-0.4, -0.2) is 25.9 Å². The molecular formula is C17H11Cl6NO2. The summed E-state index contributed by atoms with van der Waals surface area (Å²) in [6.07, 6.45) is 0. The van der Waals surface area contributed by atoms with E-state index in [0.29, 0.717) is 5.69 Å². The molecule has 138 valence electrons. The lowest BCUT2D eigenvalue weighted by Gasteiger charge is -2.34. The molecule has 4 atom stereocenters. The number of benzene rings is 1. The number of hydrogen-bond acceptors (Lipinski definition) is 2. The molecule has 9 heteroatoms. The van der Waals surface area contributed by atoms with Gasteiger partial charge in [-0.3, -0.25) is 9.59 Å². The van der Waals surface area contributed by atoms with Crippen molar-refractivity contribution >= 4 is 87.1 Å². The maximum atomic E-state index is 13.3. The lowest BCUT2D eigenvalue weighted by Crippen LogP contribution is -2.50. The number of imide groups is 1. The first-order valence-corrected chi connectivity index (χ1v) is 9.96. The van der Waals surface area contributed by atoms with Gasteiger partial charge < -0.3 is 0 Å². The molecule has 3 nitrogen and oxygen atoms in total. The summed E-state index contributed by atoms with van der Waals surface area (Å²) in [5.74, 6) is -3.31. The minimum Gasteiger partial charge on any atom is -0.274 e. The summed E-state index contributed by atoms with van der Waals surface area (Å²) in [5.41, 5.74) is 2.20. The Bertz CT molecular complexity index is 882. The Morgan fingerprint density at radius 1 is 0.885 bits per heavy atom. The second-order valence-electron chi connectivity index (χ2n) is 6.81. The Morgan fingerprint density at radius 2 is 1.35 bits per heavy atom. The van der Waals surface area contributed by atoms with E-state index >= 15 is 0 Å². The third kappa shape index (κ3) is 1.77. The van der Waals surface area contributed by atoms with E-state index in [0.717, 1.165) is 16.0 Å².